The number of hydrogen-bond acceptors (Lipinski definition) is 3. The first-order chi connectivity index (χ1) is 10.8. The number of hydrogen-bond donors (Lipinski definition) is 1. The van der Waals surface area contributed by atoms with Crippen molar-refractivity contribution in [1.29, 1.82) is 0 Å². The first-order valence-electron chi connectivity index (χ1n) is 8.70. The Morgan fingerprint density at radius 1 is 1.39 bits per heavy atom. The highest BCUT2D eigenvalue weighted by Gasteiger charge is 2.40. The lowest BCUT2D eigenvalue weighted by Gasteiger charge is -2.49. The predicted molar refractivity (Wildman–Crippen MR) is 92.5 cm³/mol. The van der Waals surface area contributed by atoms with Crippen LogP contribution in [-0.4, -0.2) is 73.1 Å². The van der Waals surface area contributed by atoms with Crippen molar-refractivity contribution < 1.29 is 9.53 Å². The average Bonchev–Trinajstić information content (AvgIpc) is 2.46. The highest BCUT2D eigenvalue weighted by molar-refractivity contribution is 5.88. The minimum atomic E-state index is -0.195. The molecule has 2 aliphatic heterocycles. The quantitative estimate of drug-likeness (QED) is 0.628. The fourth-order valence-electron chi connectivity index (χ4n) is 3.83. The second-order valence-electron chi connectivity index (χ2n) is 7.51. The van der Waals surface area contributed by atoms with Gasteiger partial charge >= 0.3 is 0 Å². The molecule has 0 spiro atoms. The minimum Gasteiger partial charge on any atom is -0.381 e. The summed E-state index contributed by atoms with van der Waals surface area (Å²) in [6, 6.07) is 0.219. The van der Waals surface area contributed by atoms with Gasteiger partial charge in [0.25, 0.3) is 0 Å². The van der Waals surface area contributed by atoms with Crippen LogP contribution in [0.1, 0.15) is 40.5 Å². The second-order valence-corrected chi connectivity index (χ2v) is 7.51. The summed E-state index contributed by atoms with van der Waals surface area (Å²) in [6.07, 6.45) is 2.19. The number of carbonyl (C=O) groups is 1. The topological polar surface area (TPSA) is 57.2 Å². The van der Waals surface area contributed by atoms with Crippen molar-refractivity contribution in [2.75, 3.05) is 39.9 Å². The van der Waals surface area contributed by atoms with E-state index in [-0.39, 0.29) is 17.5 Å². The molecular weight excluding hydrogens is 292 g/mol. The lowest BCUT2D eigenvalue weighted by atomic mass is 9.96. The Hall–Kier alpha value is -1.30. The molecule has 6 heteroatoms. The monoisotopic (exact) mass is 324 g/mol. The van der Waals surface area contributed by atoms with E-state index in [0.717, 1.165) is 45.1 Å². The Balaban J connectivity index is 1.97. The number of aliphatic imine (C=N–C) groups is 1. The van der Waals surface area contributed by atoms with E-state index in [0.29, 0.717) is 12.5 Å². The van der Waals surface area contributed by atoms with Crippen LogP contribution >= 0.6 is 0 Å². The van der Waals surface area contributed by atoms with E-state index in [9.17, 15) is 4.79 Å². The maximum Gasteiger partial charge on any atom is 0.242 e. The van der Waals surface area contributed by atoms with Crippen LogP contribution < -0.4 is 5.32 Å². The van der Waals surface area contributed by atoms with Crippen molar-refractivity contribution >= 4 is 11.9 Å². The van der Waals surface area contributed by atoms with Gasteiger partial charge in [-0.3, -0.25) is 9.79 Å². The van der Waals surface area contributed by atoms with Gasteiger partial charge in [0.1, 0.15) is 0 Å². The number of amides is 1. The number of ether oxygens (including phenoxy) is 1. The van der Waals surface area contributed by atoms with E-state index in [2.05, 4.69) is 42.9 Å². The van der Waals surface area contributed by atoms with E-state index in [1.807, 2.05) is 4.90 Å². The summed E-state index contributed by atoms with van der Waals surface area (Å²) in [5.41, 5.74) is -0.195. The molecule has 0 aromatic carbocycles. The lowest BCUT2D eigenvalue weighted by molar-refractivity contribution is -0.145. The molecule has 2 saturated heterocycles. The van der Waals surface area contributed by atoms with Crippen LogP contribution in [0.5, 0.6) is 0 Å². The molecule has 6 nitrogen and oxygen atoms in total. The molecule has 0 bridgehead atoms. The Bertz CT molecular complexity index is 442. The van der Waals surface area contributed by atoms with Gasteiger partial charge in [-0.1, -0.05) is 0 Å². The van der Waals surface area contributed by atoms with Gasteiger partial charge in [-0.25, -0.2) is 0 Å². The van der Waals surface area contributed by atoms with Gasteiger partial charge in [0.15, 0.2) is 5.96 Å². The van der Waals surface area contributed by atoms with Crippen molar-refractivity contribution in [2.45, 2.75) is 52.1 Å². The number of nitrogens with one attached hydrogen (secondary N) is 1. The van der Waals surface area contributed by atoms with Crippen LogP contribution in [0.3, 0.4) is 0 Å². The average molecular weight is 324 g/mol. The summed E-state index contributed by atoms with van der Waals surface area (Å²) >= 11 is 0. The molecular formula is C17H32N4O2. The summed E-state index contributed by atoms with van der Waals surface area (Å²) in [4.78, 5) is 21.0. The van der Waals surface area contributed by atoms with E-state index < -0.39 is 0 Å². The third kappa shape index (κ3) is 4.37. The minimum absolute atomic E-state index is 0.172. The molecule has 0 unspecified atom stereocenters. The van der Waals surface area contributed by atoms with Crippen molar-refractivity contribution in [3.8, 4) is 0 Å². The lowest BCUT2D eigenvalue weighted by Crippen LogP contribution is -2.66. The van der Waals surface area contributed by atoms with Gasteiger partial charge in [-0.2, -0.15) is 0 Å². The zero-order chi connectivity index (χ0) is 17.0. The van der Waals surface area contributed by atoms with Crippen molar-refractivity contribution in [3.05, 3.63) is 0 Å². The van der Waals surface area contributed by atoms with Gasteiger partial charge in [0.05, 0.1) is 12.1 Å². The summed E-state index contributed by atoms with van der Waals surface area (Å²) in [7, 11) is 1.79. The van der Waals surface area contributed by atoms with E-state index in [1.165, 1.54) is 0 Å². The number of guanidine groups is 1. The molecule has 2 rings (SSSR count). The Morgan fingerprint density at radius 3 is 2.57 bits per heavy atom. The molecule has 132 valence electrons. The molecule has 0 radical (unpaired) electrons. The summed E-state index contributed by atoms with van der Waals surface area (Å²) in [5.74, 6) is 1.63. The molecule has 2 aliphatic rings. The van der Waals surface area contributed by atoms with Crippen molar-refractivity contribution in [3.63, 3.8) is 0 Å². The molecule has 0 aromatic heterocycles. The maximum absolute atomic E-state index is 12.6. The summed E-state index contributed by atoms with van der Waals surface area (Å²) in [6.45, 7) is 12.2. The Morgan fingerprint density at radius 2 is 2.04 bits per heavy atom. The Labute approximate surface area is 140 Å². The fourth-order valence-corrected chi connectivity index (χ4v) is 3.83. The third-order valence-corrected chi connectivity index (χ3v) is 4.74. The summed E-state index contributed by atoms with van der Waals surface area (Å²) in [5, 5.41) is 3.46. The molecule has 2 fully saturated rings. The number of rotatable bonds is 3. The van der Waals surface area contributed by atoms with E-state index in [1.54, 1.807) is 7.05 Å². The van der Waals surface area contributed by atoms with Crippen LogP contribution in [0.25, 0.3) is 0 Å². The first-order valence-corrected chi connectivity index (χ1v) is 8.70. The number of nitrogens with zero attached hydrogens (tertiary/aromatic N) is 3. The van der Waals surface area contributed by atoms with Crippen molar-refractivity contribution in [1.82, 2.24) is 15.1 Å². The summed E-state index contributed by atoms with van der Waals surface area (Å²) < 4.78 is 5.41. The maximum atomic E-state index is 12.6. The van der Waals surface area contributed by atoms with Crippen LogP contribution in [0.4, 0.5) is 0 Å². The van der Waals surface area contributed by atoms with E-state index >= 15 is 0 Å². The van der Waals surface area contributed by atoms with Crippen LogP contribution in [0, 0.1) is 5.92 Å². The molecule has 2 heterocycles. The molecule has 0 saturated carbocycles. The van der Waals surface area contributed by atoms with Gasteiger partial charge < -0.3 is 19.9 Å². The smallest absolute Gasteiger partial charge is 0.242 e. The zero-order valence-electron chi connectivity index (χ0n) is 15.3. The molecule has 0 aromatic rings. The number of piperazine rings is 1. The highest BCUT2D eigenvalue weighted by atomic mass is 16.5. The molecule has 23 heavy (non-hydrogen) atoms. The molecule has 1 N–H and O–H groups in total. The standard InChI is InChI=1S/C17H32N4O2/c1-13(2)21-15(22)11-20(12-17(21,3)4)16(18-5)19-10-14-6-8-23-9-7-14/h13-14H,6-12H2,1-5H3,(H,18,19). The molecule has 0 aliphatic carbocycles. The first kappa shape index (κ1) is 18.0. The zero-order valence-corrected chi connectivity index (χ0v) is 15.3. The Kier molecular flexibility index (Phi) is 5.89. The number of carbonyl (C=O) groups excluding carboxylic acids is 1. The highest BCUT2D eigenvalue weighted by Crippen LogP contribution is 2.24. The van der Waals surface area contributed by atoms with E-state index in [4.69, 9.17) is 4.74 Å². The molecule has 0 atom stereocenters. The second kappa shape index (κ2) is 7.51. The van der Waals surface area contributed by atoms with Gasteiger partial charge in [0, 0.05) is 39.4 Å². The van der Waals surface area contributed by atoms with Crippen LogP contribution in [0.2, 0.25) is 0 Å². The molecule has 1 amide bonds. The fraction of sp³-hybridized carbons (Fsp3) is 0.882. The van der Waals surface area contributed by atoms with Gasteiger partial charge in [0.2, 0.25) is 5.91 Å². The predicted octanol–water partition coefficient (Wildman–Crippen LogP) is 1.32. The van der Waals surface area contributed by atoms with Crippen LogP contribution in [0.15, 0.2) is 4.99 Å². The third-order valence-electron chi connectivity index (χ3n) is 4.74. The van der Waals surface area contributed by atoms with Gasteiger partial charge in [-0.05, 0) is 46.5 Å². The van der Waals surface area contributed by atoms with Gasteiger partial charge in [-0.15, -0.1) is 0 Å². The normalized spacial score (nSPS) is 23.6. The largest absolute Gasteiger partial charge is 0.381 e. The SMILES string of the molecule is CN=C(NCC1CCOCC1)N1CC(=O)N(C(C)C)C(C)(C)C1. The van der Waals surface area contributed by atoms with Crippen molar-refractivity contribution in [2.24, 2.45) is 10.9 Å². The van der Waals surface area contributed by atoms with Crippen LogP contribution in [-0.2, 0) is 9.53 Å².